The molecule has 0 saturated heterocycles. The molecule has 0 aliphatic heterocycles. The number of halogens is 1. The van der Waals surface area contributed by atoms with Crippen molar-refractivity contribution in [3.05, 3.63) is 23.2 Å². The summed E-state index contributed by atoms with van der Waals surface area (Å²) >= 11 is 6.12. The van der Waals surface area contributed by atoms with Crippen molar-refractivity contribution in [1.82, 2.24) is 9.55 Å². The summed E-state index contributed by atoms with van der Waals surface area (Å²) in [4.78, 5) is 4.35. The third-order valence-corrected chi connectivity index (χ3v) is 4.18. The maximum Gasteiger partial charge on any atom is 0.201 e. The quantitative estimate of drug-likeness (QED) is 0.887. The van der Waals surface area contributed by atoms with Gasteiger partial charge in [-0.15, -0.1) is 0 Å². The van der Waals surface area contributed by atoms with Crippen molar-refractivity contribution in [2.24, 2.45) is 11.3 Å². The monoisotopic (exact) mass is 249 g/mol. The zero-order valence-electron chi connectivity index (χ0n) is 10.1. The van der Waals surface area contributed by atoms with Crippen LogP contribution >= 0.6 is 11.6 Å². The van der Waals surface area contributed by atoms with Gasteiger partial charge >= 0.3 is 0 Å². The van der Waals surface area contributed by atoms with E-state index in [1.165, 1.54) is 6.42 Å². The molecule has 1 fully saturated rings. The highest BCUT2D eigenvalue weighted by atomic mass is 35.5. The molecule has 2 N–H and O–H groups in total. The summed E-state index contributed by atoms with van der Waals surface area (Å²) in [6, 6.07) is 5.82. The molecule has 1 aromatic heterocycles. The van der Waals surface area contributed by atoms with E-state index in [0.717, 1.165) is 17.6 Å². The minimum atomic E-state index is 0.446. The minimum absolute atomic E-state index is 0.446. The lowest BCUT2D eigenvalue weighted by atomic mass is 10.1. The second kappa shape index (κ2) is 3.39. The van der Waals surface area contributed by atoms with Gasteiger partial charge in [-0.05, 0) is 29.9 Å². The number of hydrogen-bond acceptors (Lipinski definition) is 2. The molecule has 4 heteroatoms. The average Bonchev–Trinajstić information content (AvgIpc) is 2.71. The molecule has 1 aliphatic carbocycles. The van der Waals surface area contributed by atoms with Gasteiger partial charge in [0.05, 0.1) is 10.5 Å². The van der Waals surface area contributed by atoms with Crippen LogP contribution in [0.25, 0.3) is 11.0 Å². The number of imidazole rings is 1. The lowest BCUT2D eigenvalue weighted by Gasteiger charge is -2.07. The van der Waals surface area contributed by atoms with Crippen LogP contribution in [0, 0.1) is 11.3 Å². The van der Waals surface area contributed by atoms with E-state index in [2.05, 4.69) is 23.4 Å². The van der Waals surface area contributed by atoms with Crippen molar-refractivity contribution < 1.29 is 0 Å². The fourth-order valence-corrected chi connectivity index (χ4v) is 2.64. The molecule has 1 aliphatic rings. The minimum Gasteiger partial charge on any atom is -0.369 e. The maximum absolute atomic E-state index is 6.12. The van der Waals surface area contributed by atoms with E-state index in [1.54, 1.807) is 0 Å². The van der Waals surface area contributed by atoms with Crippen molar-refractivity contribution >= 4 is 28.6 Å². The normalized spacial score (nSPS) is 21.9. The second-order valence-corrected chi connectivity index (χ2v) is 5.99. The molecule has 3 nitrogen and oxygen atoms in total. The van der Waals surface area contributed by atoms with Gasteiger partial charge in [0.15, 0.2) is 0 Å². The number of anilines is 1. The molecule has 90 valence electrons. The molecule has 1 aromatic carbocycles. The lowest BCUT2D eigenvalue weighted by Crippen LogP contribution is -2.07. The molecular weight excluding hydrogens is 234 g/mol. The summed E-state index contributed by atoms with van der Waals surface area (Å²) in [7, 11) is 0. The molecular formula is C13H16ClN3. The largest absolute Gasteiger partial charge is 0.369 e. The standard InChI is InChI=1S/C13H16ClN3/c1-13(2)6-8(13)7-17-10-5-3-4-9(14)11(10)16-12(17)15/h3-5,8H,6-7H2,1-2H3,(H2,15,16). The van der Waals surface area contributed by atoms with Crippen molar-refractivity contribution in [2.75, 3.05) is 5.73 Å². The van der Waals surface area contributed by atoms with E-state index in [4.69, 9.17) is 17.3 Å². The molecule has 0 amide bonds. The zero-order valence-corrected chi connectivity index (χ0v) is 10.8. The molecule has 1 unspecified atom stereocenters. The van der Waals surface area contributed by atoms with Crippen molar-refractivity contribution in [2.45, 2.75) is 26.8 Å². The molecule has 0 radical (unpaired) electrons. The molecule has 0 bridgehead atoms. The summed E-state index contributed by atoms with van der Waals surface area (Å²) in [5.74, 6) is 1.26. The fourth-order valence-electron chi connectivity index (χ4n) is 2.43. The fraction of sp³-hybridized carbons (Fsp3) is 0.462. The first-order valence-electron chi connectivity index (χ1n) is 5.89. The van der Waals surface area contributed by atoms with Gasteiger partial charge in [-0.1, -0.05) is 31.5 Å². The summed E-state index contributed by atoms with van der Waals surface area (Å²) in [5.41, 5.74) is 8.28. The van der Waals surface area contributed by atoms with Crippen LogP contribution in [0.3, 0.4) is 0 Å². The van der Waals surface area contributed by atoms with Crippen LogP contribution in [0.15, 0.2) is 18.2 Å². The number of nitrogens with two attached hydrogens (primary N) is 1. The van der Waals surface area contributed by atoms with E-state index >= 15 is 0 Å². The smallest absolute Gasteiger partial charge is 0.201 e. The molecule has 0 spiro atoms. The van der Waals surface area contributed by atoms with E-state index < -0.39 is 0 Å². The zero-order chi connectivity index (χ0) is 12.2. The second-order valence-electron chi connectivity index (χ2n) is 5.58. The first-order valence-corrected chi connectivity index (χ1v) is 6.27. The van der Waals surface area contributed by atoms with Crippen LogP contribution in [0.2, 0.25) is 5.02 Å². The molecule has 1 atom stereocenters. The number of aromatic nitrogens is 2. The van der Waals surface area contributed by atoms with Crippen molar-refractivity contribution in [1.29, 1.82) is 0 Å². The van der Waals surface area contributed by atoms with Crippen LogP contribution in [0.1, 0.15) is 20.3 Å². The van der Waals surface area contributed by atoms with Crippen LogP contribution in [-0.4, -0.2) is 9.55 Å². The third kappa shape index (κ3) is 1.69. The summed E-state index contributed by atoms with van der Waals surface area (Å²) in [5, 5.41) is 0.669. The highest BCUT2D eigenvalue weighted by molar-refractivity contribution is 6.35. The SMILES string of the molecule is CC1(C)CC1Cn1c(N)nc2c(Cl)cccc21. The van der Waals surface area contributed by atoms with Gasteiger partial charge in [-0.25, -0.2) is 4.98 Å². The lowest BCUT2D eigenvalue weighted by molar-refractivity contribution is 0.507. The maximum atomic E-state index is 6.12. The summed E-state index contributed by atoms with van der Waals surface area (Å²) < 4.78 is 2.08. The number of nitrogens with zero attached hydrogens (tertiary/aromatic N) is 2. The first kappa shape index (κ1) is 10.9. The Morgan fingerprint density at radius 2 is 2.24 bits per heavy atom. The predicted octanol–water partition coefficient (Wildman–Crippen LogP) is 3.32. The van der Waals surface area contributed by atoms with E-state index in [9.17, 15) is 0 Å². The predicted molar refractivity (Wildman–Crippen MR) is 71.0 cm³/mol. The van der Waals surface area contributed by atoms with Gasteiger partial charge in [-0.3, -0.25) is 0 Å². The Morgan fingerprint density at radius 1 is 1.53 bits per heavy atom. The molecule has 1 heterocycles. The van der Waals surface area contributed by atoms with E-state index in [-0.39, 0.29) is 0 Å². The number of hydrogen-bond donors (Lipinski definition) is 1. The van der Waals surface area contributed by atoms with Crippen LogP contribution in [-0.2, 0) is 6.54 Å². The highest BCUT2D eigenvalue weighted by Crippen LogP contribution is 2.52. The Kier molecular flexibility index (Phi) is 2.17. The van der Waals surface area contributed by atoms with Crippen LogP contribution in [0.5, 0.6) is 0 Å². The van der Waals surface area contributed by atoms with Gasteiger partial charge < -0.3 is 10.3 Å². The number of fused-ring (bicyclic) bond motifs is 1. The molecule has 1 saturated carbocycles. The van der Waals surface area contributed by atoms with Gasteiger partial charge in [0.2, 0.25) is 5.95 Å². The Balaban J connectivity index is 2.04. The Hall–Kier alpha value is -1.22. The number of nitrogen functional groups attached to an aromatic ring is 1. The molecule has 2 aromatic rings. The number of benzene rings is 1. The highest BCUT2D eigenvalue weighted by Gasteiger charge is 2.45. The van der Waals surface area contributed by atoms with Crippen LogP contribution in [0.4, 0.5) is 5.95 Å². The van der Waals surface area contributed by atoms with Crippen molar-refractivity contribution in [3.8, 4) is 0 Å². The van der Waals surface area contributed by atoms with Crippen molar-refractivity contribution in [3.63, 3.8) is 0 Å². The Labute approximate surface area is 106 Å². The summed E-state index contributed by atoms with van der Waals surface area (Å²) in [6.07, 6.45) is 1.26. The Morgan fingerprint density at radius 3 is 2.88 bits per heavy atom. The average molecular weight is 250 g/mol. The van der Waals surface area contributed by atoms with Gasteiger partial charge in [0, 0.05) is 6.54 Å². The Bertz CT molecular complexity index is 586. The topological polar surface area (TPSA) is 43.8 Å². The van der Waals surface area contributed by atoms with Crippen LogP contribution < -0.4 is 5.73 Å². The van der Waals surface area contributed by atoms with Gasteiger partial charge in [0.1, 0.15) is 5.52 Å². The molecule has 3 rings (SSSR count). The number of rotatable bonds is 2. The number of para-hydroxylation sites is 1. The first-order chi connectivity index (χ1) is 7.99. The van der Waals surface area contributed by atoms with E-state index in [1.807, 2.05) is 18.2 Å². The summed E-state index contributed by atoms with van der Waals surface area (Å²) in [6.45, 7) is 5.52. The van der Waals surface area contributed by atoms with Gasteiger partial charge in [-0.2, -0.15) is 0 Å². The van der Waals surface area contributed by atoms with E-state index in [0.29, 0.717) is 22.3 Å². The van der Waals surface area contributed by atoms with Gasteiger partial charge in [0.25, 0.3) is 0 Å². The molecule has 17 heavy (non-hydrogen) atoms. The third-order valence-electron chi connectivity index (χ3n) is 3.88.